The van der Waals surface area contributed by atoms with Crippen molar-refractivity contribution in [2.45, 2.75) is 17.8 Å². The van der Waals surface area contributed by atoms with Crippen LogP contribution in [0.4, 0.5) is 5.69 Å². The molecule has 0 aliphatic carbocycles. The number of fused-ring (bicyclic) bond motifs is 1. The van der Waals surface area contributed by atoms with E-state index >= 15 is 0 Å². The Morgan fingerprint density at radius 2 is 1.09 bits per heavy atom. The van der Waals surface area contributed by atoms with Crippen molar-refractivity contribution >= 4 is 11.9 Å². The van der Waals surface area contributed by atoms with Crippen LogP contribution in [0, 0.1) is 0 Å². The number of benzene rings is 4. The first-order valence-corrected chi connectivity index (χ1v) is 11.1. The Morgan fingerprint density at radius 3 is 1.64 bits per heavy atom. The van der Waals surface area contributed by atoms with Crippen LogP contribution in [-0.4, -0.2) is 20.4 Å². The molecule has 33 heavy (non-hydrogen) atoms. The van der Waals surface area contributed by atoms with Gasteiger partial charge in [-0.05, 0) is 59.5 Å². The Hall–Kier alpha value is -3.85. The minimum absolute atomic E-state index is 0.453. The molecule has 3 heteroatoms. The fourth-order valence-electron chi connectivity index (χ4n) is 5.31. The number of aliphatic imine (C=N–C) groups is 1. The zero-order valence-electron chi connectivity index (χ0n) is 19.2. The van der Waals surface area contributed by atoms with E-state index in [0.29, 0.717) is 0 Å². The summed E-state index contributed by atoms with van der Waals surface area (Å²) in [4.78, 5) is 4.96. The molecule has 0 aromatic heterocycles. The van der Waals surface area contributed by atoms with Gasteiger partial charge in [0.05, 0.1) is 25.3 Å². The largest absolute Gasteiger partial charge is 0.497 e. The van der Waals surface area contributed by atoms with E-state index < -0.39 is 10.8 Å². The summed E-state index contributed by atoms with van der Waals surface area (Å²) in [6.45, 7) is 2.29. The van der Waals surface area contributed by atoms with Gasteiger partial charge in [0.25, 0.3) is 0 Å². The summed E-state index contributed by atoms with van der Waals surface area (Å²) in [7, 11) is 3.40. The van der Waals surface area contributed by atoms with Gasteiger partial charge in [-0.2, -0.15) is 0 Å². The molecular weight excluding hydrogens is 406 g/mol. The van der Waals surface area contributed by atoms with Gasteiger partial charge >= 0.3 is 0 Å². The van der Waals surface area contributed by atoms with Crippen LogP contribution >= 0.6 is 0 Å². The fraction of sp³-hybridized carbons (Fsp3) is 0.167. The van der Waals surface area contributed by atoms with Crippen molar-refractivity contribution in [2.24, 2.45) is 4.99 Å². The molecule has 0 fully saturated rings. The molecule has 1 heterocycles. The SMILES string of the molecule is COc1ccc(C2(c3ccc(OC)cc3)c3ccccc3N=CC2(C)c2ccccc2)cc1. The molecule has 0 spiro atoms. The second-order valence-corrected chi connectivity index (χ2v) is 8.55. The first-order valence-electron chi connectivity index (χ1n) is 11.1. The van der Waals surface area contributed by atoms with E-state index in [2.05, 4.69) is 85.9 Å². The van der Waals surface area contributed by atoms with Gasteiger partial charge in [0.1, 0.15) is 11.5 Å². The molecule has 0 N–H and O–H groups in total. The smallest absolute Gasteiger partial charge is 0.118 e. The molecule has 4 aromatic rings. The number of para-hydroxylation sites is 1. The topological polar surface area (TPSA) is 30.8 Å². The standard InChI is InChI=1S/C30H27NO2/c1-29(22-9-5-4-6-10-22)21-31-28-12-8-7-11-27(28)30(29,23-13-17-25(32-2)18-14-23)24-15-19-26(33-3)20-16-24/h4-21H,1-3H3. The summed E-state index contributed by atoms with van der Waals surface area (Å²) in [5.74, 6) is 1.67. The molecule has 1 unspecified atom stereocenters. The lowest BCUT2D eigenvalue weighted by Crippen LogP contribution is -2.51. The summed E-state index contributed by atoms with van der Waals surface area (Å²) < 4.78 is 11.0. The molecular formula is C30H27NO2. The number of rotatable bonds is 5. The highest BCUT2D eigenvalue weighted by molar-refractivity contribution is 5.88. The van der Waals surface area contributed by atoms with Crippen molar-refractivity contribution in [1.82, 2.24) is 0 Å². The quantitative estimate of drug-likeness (QED) is 0.350. The lowest BCUT2D eigenvalue weighted by Gasteiger charge is -2.51. The molecule has 4 aromatic carbocycles. The van der Waals surface area contributed by atoms with Crippen molar-refractivity contribution in [2.75, 3.05) is 14.2 Å². The number of nitrogens with zero attached hydrogens (tertiary/aromatic N) is 1. The van der Waals surface area contributed by atoms with Crippen LogP contribution in [0.1, 0.15) is 29.2 Å². The van der Waals surface area contributed by atoms with Gasteiger partial charge in [-0.3, -0.25) is 4.99 Å². The minimum Gasteiger partial charge on any atom is -0.497 e. The monoisotopic (exact) mass is 433 g/mol. The van der Waals surface area contributed by atoms with Crippen molar-refractivity contribution in [3.05, 3.63) is 125 Å². The highest BCUT2D eigenvalue weighted by atomic mass is 16.5. The second-order valence-electron chi connectivity index (χ2n) is 8.55. The Labute approximate surface area is 195 Å². The van der Waals surface area contributed by atoms with E-state index in [1.165, 1.54) is 22.3 Å². The molecule has 0 bridgehead atoms. The van der Waals surface area contributed by atoms with Gasteiger partial charge in [-0.15, -0.1) is 0 Å². The van der Waals surface area contributed by atoms with Crippen molar-refractivity contribution in [3.8, 4) is 11.5 Å². The summed E-state index contributed by atoms with van der Waals surface area (Å²) in [6, 6.07) is 36.0. The Bertz CT molecular complexity index is 1230. The third-order valence-corrected chi connectivity index (χ3v) is 6.97. The average molecular weight is 434 g/mol. The lowest BCUT2D eigenvalue weighted by molar-refractivity contribution is 0.408. The predicted molar refractivity (Wildman–Crippen MR) is 134 cm³/mol. The number of methoxy groups -OCH3 is 2. The van der Waals surface area contributed by atoms with Crippen LogP contribution in [0.5, 0.6) is 11.5 Å². The molecule has 3 nitrogen and oxygen atoms in total. The summed E-state index contributed by atoms with van der Waals surface area (Å²) in [6.07, 6.45) is 2.12. The van der Waals surface area contributed by atoms with Gasteiger partial charge in [0, 0.05) is 11.6 Å². The van der Waals surface area contributed by atoms with Crippen molar-refractivity contribution in [3.63, 3.8) is 0 Å². The van der Waals surface area contributed by atoms with Crippen LogP contribution in [0.15, 0.2) is 108 Å². The van der Waals surface area contributed by atoms with E-state index in [0.717, 1.165) is 17.2 Å². The fourth-order valence-corrected chi connectivity index (χ4v) is 5.31. The molecule has 164 valence electrons. The third kappa shape index (κ3) is 3.15. The Balaban J connectivity index is 1.91. The number of hydrogen-bond acceptors (Lipinski definition) is 3. The molecule has 0 saturated carbocycles. The molecule has 1 atom stereocenters. The van der Waals surface area contributed by atoms with E-state index in [1.54, 1.807) is 14.2 Å². The highest BCUT2D eigenvalue weighted by Crippen LogP contribution is 2.57. The second kappa shape index (κ2) is 8.25. The van der Waals surface area contributed by atoms with Crippen LogP contribution < -0.4 is 9.47 Å². The summed E-state index contributed by atoms with van der Waals surface area (Å²) >= 11 is 0. The number of hydrogen-bond donors (Lipinski definition) is 0. The van der Waals surface area contributed by atoms with E-state index in [4.69, 9.17) is 14.5 Å². The van der Waals surface area contributed by atoms with Gasteiger partial charge in [-0.1, -0.05) is 72.8 Å². The molecule has 1 aliphatic heterocycles. The summed E-state index contributed by atoms with van der Waals surface area (Å²) in [5.41, 5.74) is 4.75. The molecule has 0 saturated heterocycles. The molecule has 1 aliphatic rings. The van der Waals surface area contributed by atoms with Crippen molar-refractivity contribution in [1.29, 1.82) is 0 Å². The average Bonchev–Trinajstić information content (AvgIpc) is 2.89. The molecule has 0 radical (unpaired) electrons. The maximum Gasteiger partial charge on any atom is 0.118 e. The predicted octanol–water partition coefficient (Wildman–Crippen LogP) is 6.71. The maximum atomic E-state index is 5.49. The first-order chi connectivity index (χ1) is 16.1. The van der Waals surface area contributed by atoms with Crippen LogP contribution in [0.25, 0.3) is 0 Å². The zero-order valence-corrected chi connectivity index (χ0v) is 19.2. The third-order valence-electron chi connectivity index (χ3n) is 6.97. The maximum absolute atomic E-state index is 5.49. The normalized spacial score (nSPS) is 18.4. The van der Waals surface area contributed by atoms with Gasteiger partial charge in [0.15, 0.2) is 0 Å². The first kappa shape index (κ1) is 21.0. The van der Waals surface area contributed by atoms with E-state index in [1.807, 2.05) is 30.3 Å². The van der Waals surface area contributed by atoms with Crippen molar-refractivity contribution < 1.29 is 9.47 Å². The molecule has 0 amide bonds. The minimum atomic E-state index is -0.523. The van der Waals surface area contributed by atoms with Gasteiger partial charge in [-0.25, -0.2) is 0 Å². The Kier molecular flexibility index (Phi) is 5.26. The summed E-state index contributed by atoms with van der Waals surface area (Å²) in [5, 5.41) is 0. The molecule has 5 rings (SSSR count). The van der Waals surface area contributed by atoms with Crippen LogP contribution in [0.2, 0.25) is 0 Å². The van der Waals surface area contributed by atoms with Gasteiger partial charge in [0.2, 0.25) is 0 Å². The zero-order chi connectivity index (χ0) is 22.9. The van der Waals surface area contributed by atoms with Crippen LogP contribution in [0.3, 0.4) is 0 Å². The number of ether oxygens (including phenoxy) is 2. The van der Waals surface area contributed by atoms with E-state index in [9.17, 15) is 0 Å². The van der Waals surface area contributed by atoms with E-state index in [-0.39, 0.29) is 0 Å². The van der Waals surface area contributed by atoms with Crippen LogP contribution in [-0.2, 0) is 10.8 Å². The lowest BCUT2D eigenvalue weighted by atomic mass is 9.51. The van der Waals surface area contributed by atoms with Gasteiger partial charge < -0.3 is 9.47 Å². The highest BCUT2D eigenvalue weighted by Gasteiger charge is 2.54. The Morgan fingerprint density at radius 1 is 0.576 bits per heavy atom.